The smallest absolute Gasteiger partial charge is 0.254 e. The fourth-order valence-corrected chi connectivity index (χ4v) is 5.18. The largest absolute Gasteiger partial charge is 0.393 e. The molecule has 1 saturated heterocycles. The van der Waals surface area contributed by atoms with Gasteiger partial charge in [0, 0.05) is 43.5 Å². The maximum absolute atomic E-state index is 12.9. The number of carbonyl (C=O) groups is 2. The van der Waals surface area contributed by atoms with Crippen molar-refractivity contribution >= 4 is 34.7 Å². The molecular weight excluding hydrogens is 482 g/mol. The molecule has 0 spiro atoms. The van der Waals surface area contributed by atoms with Crippen LogP contribution in [0.15, 0.2) is 55.0 Å². The lowest BCUT2D eigenvalue weighted by molar-refractivity contribution is 0.0951. The molecule has 4 aromatic rings. The Morgan fingerprint density at radius 3 is 2.74 bits per heavy atom. The number of aromatic nitrogens is 3. The van der Waals surface area contributed by atoms with Crippen LogP contribution in [0.1, 0.15) is 46.0 Å². The van der Waals surface area contributed by atoms with Crippen molar-refractivity contribution in [2.24, 2.45) is 0 Å². The van der Waals surface area contributed by atoms with E-state index in [9.17, 15) is 14.7 Å². The molecule has 2 aliphatic rings. The fraction of sp³-hybridized carbons (Fsp3) is 0.286. The van der Waals surface area contributed by atoms with Gasteiger partial charge in [-0.05, 0) is 55.7 Å². The Kier molecular flexibility index (Phi) is 6.16. The highest BCUT2D eigenvalue weighted by Crippen LogP contribution is 2.35. The second-order valence-electron chi connectivity index (χ2n) is 9.59. The van der Waals surface area contributed by atoms with E-state index >= 15 is 0 Å². The van der Waals surface area contributed by atoms with Gasteiger partial charge in [-0.2, -0.15) is 0 Å². The third-order valence-electron chi connectivity index (χ3n) is 7.19. The highest BCUT2D eigenvalue weighted by atomic mass is 16.3. The molecule has 4 N–H and O–H groups in total. The van der Waals surface area contributed by atoms with Gasteiger partial charge in [0.1, 0.15) is 11.5 Å². The zero-order chi connectivity index (χ0) is 26.2. The number of benzene rings is 1. The molecule has 0 radical (unpaired) electrons. The number of anilines is 3. The zero-order valence-corrected chi connectivity index (χ0v) is 21.1. The predicted octanol–water partition coefficient (Wildman–Crippen LogP) is 3.09. The van der Waals surface area contributed by atoms with Crippen LogP contribution in [-0.4, -0.2) is 57.0 Å². The number of nitrogens with one attached hydrogen (secondary N) is 3. The van der Waals surface area contributed by atoms with Crippen molar-refractivity contribution in [2.45, 2.75) is 32.4 Å². The molecule has 0 aliphatic carbocycles. The Balaban J connectivity index is 1.28. The first-order valence-corrected chi connectivity index (χ1v) is 12.9. The number of aliphatic hydroxyl groups excluding tert-OH is 1. The summed E-state index contributed by atoms with van der Waals surface area (Å²) in [6.07, 6.45) is 6.72. The number of rotatable bonds is 6. The molecule has 6 rings (SSSR count). The number of pyridine rings is 2. The van der Waals surface area contributed by atoms with E-state index in [0.717, 1.165) is 48.4 Å². The Morgan fingerprint density at radius 1 is 1.13 bits per heavy atom. The number of aliphatic hydroxyl groups is 1. The highest BCUT2D eigenvalue weighted by molar-refractivity contribution is 6.06. The van der Waals surface area contributed by atoms with E-state index in [4.69, 9.17) is 0 Å². The first kappa shape index (κ1) is 23.9. The molecule has 0 bridgehead atoms. The average molecular weight is 512 g/mol. The van der Waals surface area contributed by atoms with Gasteiger partial charge in [-0.15, -0.1) is 0 Å². The van der Waals surface area contributed by atoms with Gasteiger partial charge in [-0.25, -0.2) is 9.97 Å². The molecule has 194 valence electrons. The number of carbonyl (C=O) groups excluding carboxylic acids is 2. The molecule has 1 aromatic carbocycles. The third-order valence-corrected chi connectivity index (χ3v) is 7.19. The van der Waals surface area contributed by atoms with Gasteiger partial charge in [0.15, 0.2) is 0 Å². The van der Waals surface area contributed by atoms with Gasteiger partial charge < -0.3 is 26.0 Å². The summed E-state index contributed by atoms with van der Waals surface area (Å²) in [4.78, 5) is 36.4. The second kappa shape index (κ2) is 9.79. The number of fused-ring (bicyclic) bond motifs is 2. The minimum Gasteiger partial charge on any atom is -0.393 e. The standard InChI is InChI=1S/C28H29N7O3/c1-2-29-27(37)17-7-12-35-23(16-31-25(35)13-17)20-4-5-22(26-21(20)15-32-28(26)38)33-24-6-3-18(14-30-24)34-10-8-19(36)9-11-34/h3-7,12-14,16,19,36H,2,8-11,15H2,1H3,(H,29,37)(H,30,33)(H,32,38). The fourth-order valence-electron chi connectivity index (χ4n) is 5.18. The molecule has 10 heteroatoms. The number of hydrogen-bond acceptors (Lipinski definition) is 7. The summed E-state index contributed by atoms with van der Waals surface area (Å²) < 4.78 is 1.92. The van der Waals surface area contributed by atoms with Crippen molar-refractivity contribution < 1.29 is 14.7 Å². The van der Waals surface area contributed by atoms with Crippen LogP contribution in [0.3, 0.4) is 0 Å². The molecule has 1 fully saturated rings. The molecule has 0 saturated carbocycles. The van der Waals surface area contributed by atoms with Gasteiger partial charge in [0.05, 0.1) is 41.1 Å². The maximum Gasteiger partial charge on any atom is 0.254 e. The van der Waals surface area contributed by atoms with Crippen molar-refractivity contribution in [3.63, 3.8) is 0 Å². The lowest BCUT2D eigenvalue weighted by Crippen LogP contribution is -2.35. The Bertz CT molecular complexity index is 1520. The van der Waals surface area contributed by atoms with E-state index < -0.39 is 0 Å². The first-order valence-electron chi connectivity index (χ1n) is 12.9. The number of nitrogens with zero attached hydrogens (tertiary/aromatic N) is 4. The zero-order valence-electron chi connectivity index (χ0n) is 21.1. The van der Waals surface area contributed by atoms with E-state index in [1.165, 1.54) is 0 Å². The van der Waals surface area contributed by atoms with E-state index in [2.05, 4.69) is 30.8 Å². The van der Waals surface area contributed by atoms with E-state index in [1.807, 2.05) is 48.0 Å². The summed E-state index contributed by atoms with van der Waals surface area (Å²) in [6, 6.07) is 11.3. The summed E-state index contributed by atoms with van der Waals surface area (Å²) >= 11 is 0. The van der Waals surface area contributed by atoms with Gasteiger partial charge in [0.2, 0.25) is 0 Å². The summed E-state index contributed by atoms with van der Waals surface area (Å²) in [6.45, 7) is 4.46. The van der Waals surface area contributed by atoms with Crippen LogP contribution in [0.25, 0.3) is 16.9 Å². The lowest BCUT2D eigenvalue weighted by Gasteiger charge is -2.31. The minimum atomic E-state index is -0.221. The van der Waals surface area contributed by atoms with Gasteiger partial charge in [-0.3, -0.25) is 14.0 Å². The molecule has 38 heavy (non-hydrogen) atoms. The molecule has 10 nitrogen and oxygen atoms in total. The monoisotopic (exact) mass is 511 g/mol. The van der Waals surface area contributed by atoms with E-state index in [1.54, 1.807) is 18.3 Å². The van der Waals surface area contributed by atoms with Crippen LogP contribution in [0.5, 0.6) is 0 Å². The summed E-state index contributed by atoms with van der Waals surface area (Å²) in [5.41, 5.74) is 6.13. The van der Waals surface area contributed by atoms with Crippen molar-refractivity contribution in [3.8, 4) is 11.3 Å². The highest BCUT2D eigenvalue weighted by Gasteiger charge is 2.27. The molecule has 0 unspecified atom stereocenters. The Morgan fingerprint density at radius 2 is 1.97 bits per heavy atom. The van der Waals surface area contributed by atoms with Gasteiger partial charge >= 0.3 is 0 Å². The summed E-state index contributed by atoms with van der Waals surface area (Å²) in [5.74, 6) is 0.371. The van der Waals surface area contributed by atoms with Crippen LogP contribution in [-0.2, 0) is 6.54 Å². The molecule has 2 aliphatic heterocycles. The topological polar surface area (TPSA) is 124 Å². The van der Waals surface area contributed by atoms with Crippen LogP contribution in [0, 0.1) is 0 Å². The van der Waals surface area contributed by atoms with Crippen molar-refractivity contribution in [3.05, 3.63) is 71.7 Å². The molecule has 5 heterocycles. The van der Waals surface area contributed by atoms with Crippen LogP contribution >= 0.6 is 0 Å². The predicted molar refractivity (Wildman–Crippen MR) is 145 cm³/mol. The summed E-state index contributed by atoms with van der Waals surface area (Å²) in [7, 11) is 0. The second-order valence-corrected chi connectivity index (χ2v) is 9.59. The van der Waals surface area contributed by atoms with Crippen molar-refractivity contribution in [1.29, 1.82) is 0 Å². The Hall–Kier alpha value is -4.44. The Labute approximate surface area is 219 Å². The van der Waals surface area contributed by atoms with Crippen LogP contribution in [0.4, 0.5) is 17.2 Å². The normalized spacial score (nSPS) is 15.4. The SMILES string of the molecule is CCNC(=O)c1ccn2c(-c3ccc(Nc4ccc(N5CCC(O)CC5)cn4)c4c3CNC4=O)cnc2c1. The molecular formula is C28H29N7O3. The van der Waals surface area contributed by atoms with E-state index in [0.29, 0.717) is 41.4 Å². The third kappa shape index (κ3) is 4.32. The molecule has 3 aromatic heterocycles. The molecule has 0 atom stereocenters. The van der Waals surface area contributed by atoms with Crippen LogP contribution < -0.4 is 20.9 Å². The average Bonchev–Trinajstić information content (AvgIpc) is 3.54. The number of imidazole rings is 1. The lowest BCUT2D eigenvalue weighted by atomic mass is 9.99. The summed E-state index contributed by atoms with van der Waals surface area (Å²) in [5, 5.41) is 18.8. The quantitative estimate of drug-likeness (QED) is 0.314. The van der Waals surface area contributed by atoms with Crippen molar-refractivity contribution in [2.75, 3.05) is 29.9 Å². The minimum absolute atomic E-state index is 0.137. The first-order chi connectivity index (χ1) is 18.5. The van der Waals surface area contributed by atoms with Crippen molar-refractivity contribution in [1.82, 2.24) is 25.0 Å². The van der Waals surface area contributed by atoms with Crippen LogP contribution in [0.2, 0.25) is 0 Å². The molecule has 2 amide bonds. The number of piperidine rings is 1. The maximum atomic E-state index is 12.9. The van der Waals surface area contributed by atoms with Gasteiger partial charge in [-0.1, -0.05) is 6.07 Å². The van der Waals surface area contributed by atoms with Gasteiger partial charge in [0.25, 0.3) is 11.8 Å². The van der Waals surface area contributed by atoms with E-state index in [-0.39, 0.29) is 17.9 Å². The number of hydrogen-bond donors (Lipinski definition) is 4. The number of amides is 2.